The van der Waals surface area contributed by atoms with Crippen LogP contribution < -0.4 is 5.32 Å². The molecule has 5 nitrogen and oxygen atoms in total. The van der Waals surface area contributed by atoms with Crippen LogP contribution in [0.3, 0.4) is 0 Å². The third-order valence-corrected chi connectivity index (χ3v) is 7.62. The Kier molecular flexibility index (Phi) is 4.37. The highest BCUT2D eigenvalue weighted by Gasteiger charge is 2.55. The predicted octanol–water partition coefficient (Wildman–Crippen LogP) is 3.89. The van der Waals surface area contributed by atoms with E-state index in [0.717, 1.165) is 48.3 Å². The molecule has 4 saturated carbocycles. The van der Waals surface area contributed by atoms with Gasteiger partial charge in [-0.1, -0.05) is 12.1 Å². The van der Waals surface area contributed by atoms with Crippen molar-refractivity contribution in [3.63, 3.8) is 0 Å². The lowest BCUT2D eigenvalue weighted by Crippen LogP contribution is -2.59. The molecule has 4 bridgehead atoms. The number of amides is 3. The van der Waals surface area contributed by atoms with Gasteiger partial charge in [-0.05, 0) is 80.9 Å². The molecule has 5 aliphatic rings. The summed E-state index contributed by atoms with van der Waals surface area (Å²) < 4.78 is 0. The van der Waals surface area contributed by atoms with Gasteiger partial charge in [-0.3, -0.25) is 4.79 Å². The minimum atomic E-state index is -0.0687. The number of piperazine rings is 1. The van der Waals surface area contributed by atoms with Crippen LogP contribution in [-0.2, 0) is 4.79 Å². The SMILES string of the molecule is Cc1cccc(NC(=O)N2CCN(C(=O)C34CC5CC(CC(C5)C3)C4)CC2)c1. The van der Waals surface area contributed by atoms with Crippen molar-refractivity contribution in [2.45, 2.75) is 45.4 Å². The van der Waals surface area contributed by atoms with Gasteiger partial charge >= 0.3 is 6.03 Å². The molecular weight excluding hydrogens is 350 g/mol. The molecule has 1 heterocycles. The molecule has 0 aromatic heterocycles. The van der Waals surface area contributed by atoms with Crippen LogP contribution in [-0.4, -0.2) is 47.9 Å². The highest BCUT2D eigenvalue weighted by Crippen LogP contribution is 2.60. The van der Waals surface area contributed by atoms with E-state index < -0.39 is 0 Å². The summed E-state index contributed by atoms with van der Waals surface area (Å²) >= 11 is 0. The largest absolute Gasteiger partial charge is 0.339 e. The molecular formula is C23H31N3O2. The molecule has 28 heavy (non-hydrogen) atoms. The van der Waals surface area contributed by atoms with Gasteiger partial charge in [0.1, 0.15) is 0 Å². The lowest BCUT2D eigenvalue weighted by molar-refractivity contribution is -0.159. The predicted molar refractivity (Wildman–Crippen MR) is 109 cm³/mol. The molecule has 5 heteroatoms. The summed E-state index contributed by atoms with van der Waals surface area (Å²) in [5, 5.41) is 2.99. The molecule has 1 aromatic rings. The average molecular weight is 382 g/mol. The minimum absolute atomic E-state index is 0.0625. The maximum absolute atomic E-state index is 13.5. The van der Waals surface area contributed by atoms with Crippen molar-refractivity contribution in [1.82, 2.24) is 9.80 Å². The van der Waals surface area contributed by atoms with E-state index in [2.05, 4.69) is 10.2 Å². The fourth-order valence-electron chi connectivity index (χ4n) is 6.75. The fraction of sp³-hybridized carbons (Fsp3) is 0.652. The van der Waals surface area contributed by atoms with Gasteiger partial charge in [0.25, 0.3) is 0 Å². The Bertz CT molecular complexity index is 747. The van der Waals surface area contributed by atoms with Crippen molar-refractivity contribution < 1.29 is 9.59 Å². The number of rotatable bonds is 2. The standard InChI is InChI=1S/C23H31N3O2/c1-16-3-2-4-20(9-16)24-22(28)26-7-5-25(6-8-26)21(27)23-13-17-10-18(14-23)12-19(11-17)15-23/h2-4,9,17-19H,5-8,10-15H2,1H3,(H,24,28). The number of hydrogen-bond acceptors (Lipinski definition) is 2. The lowest BCUT2D eigenvalue weighted by atomic mass is 9.49. The van der Waals surface area contributed by atoms with Crippen LogP contribution in [0.1, 0.15) is 44.1 Å². The van der Waals surface area contributed by atoms with Crippen molar-refractivity contribution in [2.24, 2.45) is 23.2 Å². The van der Waals surface area contributed by atoms with E-state index in [9.17, 15) is 9.59 Å². The van der Waals surface area contributed by atoms with Crippen LogP contribution in [0.2, 0.25) is 0 Å². The Hall–Kier alpha value is -2.04. The summed E-state index contributed by atoms with van der Waals surface area (Å²) in [6.45, 7) is 4.60. The third kappa shape index (κ3) is 3.19. The Labute approximate surface area is 167 Å². The Morgan fingerprint density at radius 3 is 2.07 bits per heavy atom. The molecule has 0 radical (unpaired) electrons. The van der Waals surface area contributed by atoms with E-state index in [-0.39, 0.29) is 11.4 Å². The Morgan fingerprint density at radius 2 is 1.50 bits per heavy atom. The average Bonchev–Trinajstić information content (AvgIpc) is 2.66. The second-order valence-corrected chi connectivity index (χ2v) is 9.78. The monoisotopic (exact) mass is 381 g/mol. The molecule has 5 fully saturated rings. The summed E-state index contributed by atoms with van der Waals surface area (Å²) in [5.74, 6) is 2.76. The first kappa shape index (κ1) is 18.0. The van der Waals surface area contributed by atoms with Gasteiger partial charge in [0.15, 0.2) is 0 Å². The first-order valence-corrected chi connectivity index (χ1v) is 10.9. The van der Waals surface area contributed by atoms with Crippen molar-refractivity contribution in [1.29, 1.82) is 0 Å². The highest BCUT2D eigenvalue weighted by atomic mass is 16.2. The van der Waals surface area contributed by atoms with Crippen molar-refractivity contribution in [2.75, 3.05) is 31.5 Å². The number of nitrogens with one attached hydrogen (secondary N) is 1. The van der Waals surface area contributed by atoms with Gasteiger partial charge < -0.3 is 15.1 Å². The number of carbonyl (C=O) groups is 2. The molecule has 1 aliphatic heterocycles. The van der Waals surface area contributed by atoms with Crippen LogP contribution in [0.15, 0.2) is 24.3 Å². The van der Waals surface area contributed by atoms with Crippen LogP contribution in [0.4, 0.5) is 10.5 Å². The molecule has 6 rings (SSSR count). The van der Waals surface area contributed by atoms with Gasteiger partial charge in [0.05, 0.1) is 5.41 Å². The van der Waals surface area contributed by atoms with Crippen molar-refractivity contribution in [3.05, 3.63) is 29.8 Å². The molecule has 0 spiro atoms. The van der Waals surface area contributed by atoms with E-state index in [0.29, 0.717) is 32.1 Å². The van der Waals surface area contributed by atoms with E-state index in [1.165, 1.54) is 19.3 Å². The smallest absolute Gasteiger partial charge is 0.321 e. The molecule has 0 atom stereocenters. The maximum Gasteiger partial charge on any atom is 0.321 e. The summed E-state index contributed by atoms with van der Waals surface area (Å²) in [6, 6.07) is 7.80. The molecule has 150 valence electrons. The maximum atomic E-state index is 13.5. The van der Waals surface area contributed by atoms with Crippen LogP contribution in [0, 0.1) is 30.1 Å². The fourth-order valence-corrected chi connectivity index (χ4v) is 6.75. The zero-order valence-corrected chi connectivity index (χ0v) is 16.8. The summed E-state index contributed by atoms with van der Waals surface area (Å²) in [4.78, 5) is 30.0. The highest BCUT2D eigenvalue weighted by molar-refractivity contribution is 5.90. The quantitative estimate of drug-likeness (QED) is 0.845. The summed E-state index contributed by atoms with van der Waals surface area (Å²) in [6.07, 6.45) is 7.43. The Balaban J connectivity index is 1.19. The van der Waals surface area contributed by atoms with E-state index in [1.54, 1.807) is 0 Å². The second kappa shape index (κ2) is 6.78. The van der Waals surface area contributed by atoms with Crippen molar-refractivity contribution >= 4 is 17.6 Å². The molecule has 1 saturated heterocycles. The first-order chi connectivity index (χ1) is 13.5. The zero-order chi connectivity index (χ0) is 19.3. The van der Waals surface area contributed by atoms with E-state index in [4.69, 9.17) is 0 Å². The van der Waals surface area contributed by atoms with E-state index in [1.807, 2.05) is 36.1 Å². The van der Waals surface area contributed by atoms with Crippen LogP contribution in [0.5, 0.6) is 0 Å². The van der Waals surface area contributed by atoms with Crippen LogP contribution >= 0.6 is 0 Å². The second-order valence-electron chi connectivity index (χ2n) is 9.78. The normalized spacial score (nSPS) is 33.8. The third-order valence-electron chi connectivity index (χ3n) is 7.62. The van der Waals surface area contributed by atoms with E-state index >= 15 is 0 Å². The van der Waals surface area contributed by atoms with Gasteiger partial charge in [0, 0.05) is 31.9 Å². The topological polar surface area (TPSA) is 52.7 Å². The van der Waals surface area contributed by atoms with Gasteiger partial charge in [-0.2, -0.15) is 0 Å². The van der Waals surface area contributed by atoms with Crippen molar-refractivity contribution in [3.8, 4) is 0 Å². The number of benzene rings is 1. The van der Waals surface area contributed by atoms with Gasteiger partial charge in [-0.15, -0.1) is 0 Å². The molecule has 1 aromatic carbocycles. The number of hydrogen-bond donors (Lipinski definition) is 1. The number of aryl methyl sites for hydroxylation is 1. The lowest BCUT2D eigenvalue weighted by Gasteiger charge is -2.57. The molecule has 0 unspecified atom stereocenters. The Morgan fingerprint density at radius 1 is 0.929 bits per heavy atom. The number of nitrogens with zero attached hydrogens (tertiary/aromatic N) is 2. The minimum Gasteiger partial charge on any atom is -0.339 e. The van der Waals surface area contributed by atoms with Gasteiger partial charge in [0.2, 0.25) is 5.91 Å². The molecule has 1 N–H and O–H groups in total. The number of anilines is 1. The van der Waals surface area contributed by atoms with Crippen LogP contribution in [0.25, 0.3) is 0 Å². The number of carbonyl (C=O) groups excluding carboxylic acids is 2. The van der Waals surface area contributed by atoms with Gasteiger partial charge in [-0.25, -0.2) is 4.79 Å². The number of urea groups is 1. The summed E-state index contributed by atoms with van der Waals surface area (Å²) in [7, 11) is 0. The first-order valence-electron chi connectivity index (χ1n) is 10.9. The summed E-state index contributed by atoms with van der Waals surface area (Å²) in [5.41, 5.74) is 1.89. The molecule has 3 amide bonds. The zero-order valence-electron chi connectivity index (χ0n) is 16.8. The molecule has 4 aliphatic carbocycles.